The van der Waals surface area contributed by atoms with Gasteiger partial charge in [-0.2, -0.15) is 4.98 Å². The summed E-state index contributed by atoms with van der Waals surface area (Å²) in [6.45, 7) is 6.90. The van der Waals surface area contributed by atoms with Crippen molar-refractivity contribution in [1.29, 1.82) is 0 Å². The molecule has 8 heteroatoms. The predicted molar refractivity (Wildman–Crippen MR) is 81.6 cm³/mol. The molecule has 120 valence electrons. The molecule has 0 saturated heterocycles. The maximum Gasteiger partial charge on any atom is 0.264 e. The molecule has 7 nitrogen and oxygen atoms in total. The second-order valence-electron chi connectivity index (χ2n) is 5.11. The Kier molecular flexibility index (Phi) is 6.14. The Bertz CT molecular complexity index is 574. The van der Waals surface area contributed by atoms with Crippen LogP contribution in [0.25, 0.3) is 0 Å². The Labute approximate surface area is 133 Å². The molecule has 0 aliphatic heterocycles. The highest BCUT2D eigenvalue weighted by atomic mass is 32.2. The topological polar surface area (TPSA) is 83.2 Å². The first kappa shape index (κ1) is 16.7. The highest BCUT2D eigenvalue weighted by Gasteiger charge is 2.15. The van der Waals surface area contributed by atoms with E-state index in [2.05, 4.69) is 34.0 Å². The first-order valence-corrected chi connectivity index (χ1v) is 8.24. The Morgan fingerprint density at radius 3 is 2.59 bits per heavy atom. The Hall–Kier alpha value is -1.67. The lowest BCUT2D eigenvalue weighted by atomic mass is 10.2. The number of hydrogen-bond donors (Lipinski definition) is 0. The molecule has 2 aromatic rings. The van der Waals surface area contributed by atoms with Crippen LogP contribution in [0.3, 0.4) is 0 Å². The van der Waals surface area contributed by atoms with Gasteiger partial charge in [0.25, 0.3) is 5.89 Å². The zero-order valence-electron chi connectivity index (χ0n) is 13.1. The molecule has 0 aliphatic rings. The minimum Gasteiger partial charge on any atom is -0.481 e. The molecule has 0 aliphatic carbocycles. The molecule has 0 saturated carbocycles. The highest BCUT2D eigenvalue weighted by molar-refractivity contribution is 7.98. The third-order valence-corrected chi connectivity index (χ3v) is 3.25. The van der Waals surface area contributed by atoms with Crippen molar-refractivity contribution in [2.75, 3.05) is 12.9 Å². The number of ether oxygens (including phenoxy) is 2. The lowest BCUT2D eigenvalue weighted by molar-refractivity contribution is 0.0402. The molecule has 0 spiro atoms. The van der Waals surface area contributed by atoms with E-state index in [1.165, 1.54) is 11.8 Å². The Balaban J connectivity index is 1.85. The van der Waals surface area contributed by atoms with E-state index in [4.69, 9.17) is 14.0 Å². The van der Waals surface area contributed by atoms with Gasteiger partial charge in [-0.15, -0.1) is 0 Å². The molecule has 0 aromatic carbocycles. The lowest BCUT2D eigenvalue weighted by Crippen LogP contribution is -2.07. The molecule has 2 heterocycles. The largest absolute Gasteiger partial charge is 0.481 e. The van der Waals surface area contributed by atoms with Gasteiger partial charge in [-0.1, -0.05) is 30.8 Å². The van der Waals surface area contributed by atoms with Crippen molar-refractivity contribution in [3.63, 3.8) is 0 Å². The van der Waals surface area contributed by atoms with Crippen molar-refractivity contribution >= 4 is 11.8 Å². The molecule has 1 atom stereocenters. The van der Waals surface area contributed by atoms with Gasteiger partial charge in [0, 0.05) is 6.61 Å². The first-order chi connectivity index (χ1) is 10.6. The first-order valence-electron chi connectivity index (χ1n) is 7.01. The van der Waals surface area contributed by atoms with Crippen molar-refractivity contribution in [2.45, 2.75) is 38.6 Å². The van der Waals surface area contributed by atoms with Gasteiger partial charge in [0.2, 0.25) is 0 Å². The molecule has 0 amide bonds. The molecular weight excluding hydrogens is 304 g/mol. The van der Waals surface area contributed by atoms with E-state index >= 15 is 0 Å². The van der Waals surface area contributed by atoms with Crippen LogP contribution in [0.5, 0.6) is 5.75 Å². The fourth-order valence-electron chi connectivity index (χ4n) is 1.53. The number of nitrogens with zero attached hydrogens (tertiary/aromatic N) is 4. The maximum atomic E-state index is 5.64. The standard InChI is InChI=1S/C14H20N4O3S/c1-9(2)7-19-10(3)13-17-12(21-18-13)8-20-11-5-15-14(22-4)16-6-11/h5-6,9-10H,7-8H2,1-4H3. The average Bonchev–Trinajstić information content (AvgIpc) is 3.00. The van der Waals surface area contributed by atoms with Crippen LogP contribution in [-0.4, -0.2) is 33.0 Å². The Morgan fingerprint density at radius 2 is 1.95 bits per heavy atom. The molecule has 0 N–H and O–H groups in total. The van der Waals surface area contributed by atoms with Gasteiger partial charge >= 0.3 is 0 Å². The maximum absolute atomic E-state index is 5.64. The van der Waals surface area contributed by atoms with Crippen LogP contribution in [-0.2, 0) is 11.3 Å². The lowest BCUT2D eigenvalue weighted by Gasteiger charge is -2.10. The minimum atomic E-state index is -0.205. The average molecular weight is 324 g/mol. The van der Waals surface area contributed by atoms with E-state index < -0.39 is 0 Å². The molecule has 2 rings (SSSR count). The van der Waals surface area contributed by atoms with Gasteiger partial charge < -0.3 is 14.0 Å². The molecule has 22 heavy (non-hydrogen) atoms. The molecule has 2 aromatic heterocycles. The molecule has 0 bridgehead atoms. The van der Waals surface area contributed by atoms with Gasteiger partial charge in [-0.05, 0) is 19.1 Å². The van der Waals surface area contributed by atoms with E-state index in [0.717, 1.165) is 0 Å². The fourth-order valence-corrected chi connectivity index (χ4v) is 1.85. The highest BCUT2D eigenvalue weighted by Crippen LogP contribution is 2.16. The van der Waals surface area contributed by atoms with E-state index in [9.17, 15) is 0 Å². The minimum absolute atomic E-state index is 0.172. The fraction of sp³-hybridized carbons (Fsp3) is 0.571. The summed E-state index contributed by atoms with van der Waals surface area (Å²) in [5, 5.41) is 4.61. The normalized spacial score (nSPS) is 12.6. The van der Waals surface area contributed by atoms with Crippen LogP contribution in [0.1, 0.15) is 38.6 Å². The summed E-state index contributed by atoms with van der Waals surface area (Å²) in [5.74, 6) is 1.93. The van der Waals surface area contributed by atoms with Crippen LogP contribution >= 0.6 is 11.8 Å². The quantitative estimate of drug-likeness (QED) is 0.541. The van der Waals surface area contributed by atoms with E-state index in [-0.39, 0.29) is 12.7 Å². The molecule has 0 fully saturated rings. The summed E-state index contributed by atoms with van der Waals surface area (Å²) < 4.78 is 16.3. The van der Waals surface area contributed by atoms with Gasteiger partial charge in [0.1, 0.15) is 6.10 Å². The summed E-state index contributed by atoms with van der Waals surface area (Å²) in [6.07, 6.45) is 4.94. The second-order valence-corrected chi connectivity index (χ2v) is 5.88. The number of aromatic nitrogens is 4. The zero-order chi connectivity index (χ0) is 15.9. The summed E-state index contributed by atoms with van der Waals surface area (Å²) in [7, 11) is 0. The smallest absolute Gasteiger partial charge is 0.264 e. The van der Waals surface area contributed by atoms with E-state index in [1.807, 2.05) is 13.2 Å². The third-order valence-electron chi connectivity index (χ3n) is 2.68. The van der Waals surface area contributed by atoms with E-state index in [0.29, 0.717) is 35.1 Å². The van der Waals surface area contributed by atoms with Crippen molar-refractivity contribution in [3.05, 3.63) is 24.1 Å². The van der Waals surface area contributed by atoms with Gasteiger partial charge in [-0.3, -0.25) is 0 Å². The van der Waals surface area contributed by atoms with Crippen molar-refractivity contribution < 1.29 is 14.0 Å². The van der Waals surface area contributed by atoms with Gasteiger partial charge in [0.05, 0.1) is 12.4 Å². The SMILES string of the molecule is CSc1ncc(OCc2nc(C(C)OCC(C)C)no2)cn1. The summed E-state index contributed by atoms with van der Waals surface area (Å²) in [4.78, 5) is 12.5. The van der Waals surface area contributed by atoms with Crippen LogP contribution < -0.4 is 4.74 Å². The zero-order valence-corrected chi connectivity index (χ0v) is 14.0. The number of hydrogen-bond acceptors (Lipinski definition) is 8. The molecular formula is C14H20N4O3S. The molecule has 0 radical (unpaired) electrons. The van der Waals surface area contributed by atoms with Crippen LogP contribution in [0.4, 0.5) is 0 Å². The summed E-state index contributed by atoms with van der Waals surface area (Å²) in [6, 6.07) is 0. The van der Waals surface area contributed by atoms with Crippen LogP contribution in [0, 0.1) is 5.92 Å². The monoisotopic (exact) mass is 324 g/mol. The van der Waals surface area contributed by atoms with Gasteiger partial charge in [0.15, 0.2) is 23.3 Å². The van der Waals surface area contributed by atoms with Crippen molar-refractivity contribution in [1.82, 2.24) is 20.1 Å². The van der Waals surface area contributed by atoms with Crippen LogP contribution in [0.15, 0.2) is 22.1 Å². The van der Waals surface area contributed by atoms with Crippen molar-refractivity contribution in [2.24, 2.45) is 5.92 Å². The molecule has 1 unspecified atom stereocenters. The van der Waals surface area contributed by atoms with Gasteiger partial charge in [-0.25, -0.2) is 9.97 Å². The Morgan fingerprint density at radius 1 is 1.23 bits per heavy atom. The number of thioether (sulfide) groups is 1. The van der Waals surface area contributed by atoms with Crippen LogP contribution in [0.2, 0.25) is 0 Å². The second kappa shape index (κ2) is 8.09. The third kappa shape index (κ3) is 4.96. The summed E-state index contributed by atoms with van der Waals surface area (Å²) >= 11 is 1.47. The predicted octanol–water partition coefficient (Wildman–Crippen LogP) is 2.89. The van der Waals surface area contributed by atoms with Crippen molar-refractivity contribution in [3.8, 4) is 5.75 Å². The van der Waals surface area contributed by atoms with E-state index in [1.54, 1.807) is 12.4 Å². The number of rotatable bonds is 8. The summed E-state index contributed by atoms with van der Waals surface area (Å²) in [5.41, 5.74) is 0.